The Hall–Kier alpha value is -6.74. The van der Waals surface area contributed by atoms with Crippen LogP contribution in [0.4, 0.5) is 30.5 Å². The van der Waals surface area contributed by atoms with Crippen LogP contribution in [0.15, 0.2) is 77.7 Å². The van der Waals surface area contributed by atoms with Crippen LogP contribution in [0.1, 0.15) is 64.2 Å². The van der Waals surface area contributed by atoms with E-state index in [2.05, 4.69) is 35.9 Å². The van der Waals surface area contributed by atoms with Gasteiger partial charge in [-0.25, -0.2) is 24.1 Å². The molecule has 0 saturated heterocycles. The number of nitrogen functional groups attached to an aromatic ring is 1. The number of ether oxygens (including phenoxy) is 1. The summed E-state index contributed by atoms with van der Waals surface area (Å²) in [5.74, 6) is -4.53. The minimum atomic E-state index is -4.86. The molecule has 61 heavy (non-hydrogen) atoms. The van der Waals surface area contributed by atoms with E-state index < -0.39 is 79.0 Å². The fourth-order valence-electron chi connectivity index (χ4n) is 5.37. The fraction of sp³-hybridized carbons (Fsp3) is 0.263. The Labute approximate surface area is 343 Å². The van der Waals surface area contributed by atoms with E-state index in [1.165, 1.54) is 54.7 Å². The summed E-state index contributed by atoms with van der Waals surface area (Å²) < 4.78 is 74.3. The molecule has 322 valence electrons. The second kappa shape index (κ2) is 20.0. The number of fused-ring (bicyclic) bond motifs is 1. The number of carbonyl (C=O) groups is 4. The van der Waals surface area contributed by atoms with Gasteiger partial charge in [-0.1, -0.05) is 12.1 Å². The summed E-state index contributed by atoms with van der Waals surface area (Å²) in [6, 6.07) is 11.9. The Kier molecular flexibility index (Phi) is 14.9. The number of nitrogens with two attached hydrogens (primary N) is 1. The number of esters is 1. The number of aliphatic carboxylic acids is 1. The van der Waals surface area contributed by atoms with Gasteiger partial charge in [0.1, 0.15) is 11.8 Å². The second-order valence-electron chi connectivity index (χ2n) is 12.7. The average molecular weight is 871 g/mol. The first-order valence-corrected chi connectivity index (χ1v) is 19.7. The highest BCUT2D eigenvalue weighted by molar-refractivity contribution is 7.48. The maximum absolute atomic E-state index is 13.6. The Balaban J connectivity index is 1.18. The smallest absolute Gasteiger partial charge is 0.475 e. The van der Waals surface area contributed by atoms with E-state index in [0.29, 0.717) is 29.1 Å². The highest BCUT2D eigenvalue weighted by atomic mass is 31.2. The minimum absolute atomic E-state index is 0.00794. The number of nitrogens with zero attached hydrogens (tertiary/aromatic N) is 3. The number of anilines is 3. The second-order valence-corrected chi connectivity index (χ2v) is 14.4. The molecule has 19 nitrogen and oxygen atoms in total. The Morgan fingerprint density at radius 3 is 2.28 bits per heavy atom. The van der Waals surface area contributed by atoms with Crippen LogP contribution in [0, 0.1) is 0 Å². The van der Waals surface area contributed by atoms with Crippen molar-refractivity contribution in [2.45, 2.75) is 52.1 Å². The van der Waals surface area contributed by atoms with E-state index in [1.807, 2.05) is 0 Å². The van der Waals surface area contributed by atoms with Gasteiger partial charge in [-0.2, -0.15) is 18.2 Å². The molecule has 5 aromatic rings. The summed E-state index contributed by atoms with van der Waals surface area (Å²) >= 11 is 0. The van der Waals surface area contributed by atoms with E-state index in [9.17, 15) is 46.8 Å². The van der Waals surface area contributed by atoms with E-state index in [0.717, 1.165) is 6.07 Å². The molecule has 0 saturated carbocycles. The predicted molar refractivity (Wildman–Crippen MR) is 211 cm³/mol. The van der Waals surface area contributed by atoms with E-state index in [4.69, 9.17) is 24.0 Å². The number of hydrogen-bond acceptors (Lipinski definition) is 15. The molecule has 2 aromatic heterocycles. The summed E-state index contributed by atoms with van der Waals surface area (Å²) in [6.45, 7) is 3.32. The maximum atomic E-state index is 13.6. The number of aromatic nitrogens is 4. The summed E-state index contributed by atoms with van der Waals surface area (Å²) in [4.78, 5) is 77.8. The summed E-state index contributed by atoms with van der Waals surface area (Å²) in [5, 5.41) is 17.4. The normalized spacial score (nSPS) is 12.1. The molecular formula is C38H38F3N8O11P. The van der Waals surface area contributed by atoms with E-state index >= 15 is 0 Å². The molecule has 0 unspecified atom stereocenters. The lowest BCUT2D eigenvalue weighted by atomic mass is 10.1. The lowest BCUT2D eigenvalue weighted by molar-refractivity contribution is -0.139. The third-order valence-electron chi connectivity index (χ3n) is 8.31. The molecular weight excluding hydrogens is 832 g/mol. The van der Waals surface area contributed by atoms with Gasteiger partial charge in [0.05, 0.1) is 55.1 Å². The van der Waals surface area contributed by atoms with Crippen LogP contribution in [-0.4, -0.2) is 68.1 Å². The van der Waals surface area contributed by atoms with Crippen molar-refractivity contribution < 1.29 is 60.3 Å². The van der Waals surface area contributed by atoms with Crippen molar-refractivity contribution in [3.63, 3.8) is 0 Å². The number of hydrogen-bond donors (Lipinski definition) is 6. The number of phosphoric acid groups is 1. The van der Waals surface area contributed by atoms with Gasteiger partial charge >= 0.3 is 25.9 Å². The molecule has 0 aliphatic carbocycles. The molecule has 0 aliphatic heterocycles. The number of rotatable bonds is 19. The number of carboxylic acids is 1. The maximum Gasteiger partial charge on any atom is 0.475 e. The number of carbonyl (C=O) groups excluding carboxylic acids is 3. The SMILES string of the molecule is CCOP(=O)(OCC)OCc1ccc(OC(=O)c2ccc(C(F)(F)F)cc2NC(=O)CC[C@H](NC(=O)c2ccc(NCc3cnc4nc(N)[nH]c(=O)c4n3)cc2)C(=O)O)cc1. The first kappa shape index (κ1) is 45.3. The standard InChI is InChI=1S/C38H38F3N8O11P/c1-3-57-61(56,58-4-2)59-20-21-5-12-26(13-6-21)60-36(55)27-14-9-23(38(39,40)41)17-29(27)46-30(50)16-15-28(35(53)54)47-33(51)22-7-10-24(11-8-22)43-18-25-19-44-32-31(45-25)34(52)49-37(42)48-32/h5-14,17,19,28,43H,3-4,15-16,18,20H2,1-2H3,(H,46,50)(H,47,51)(H,53,54)(H3,42,44,48,49,52)/t28-/m0/s1. The van der Waals surface area contributed by atoms with Gasteiger partial charge in [-0.05, 0) is 80.4 Å². The Morgan fingerprint density at radius 1 is 0.951 bits per heavy atom. The topological polar surface area (TPSA) is 276 Å². The van der Waals surface area contributed by atoms with Gasteiger partial charge < -0.3 is 31.5 Å². The van der Waals surface area contributed by atoms with Crippen molar-refractivity contribution >= 4 is 60.1 Å². The molecule has 0 bridgehead atoms. The summed E-state index contributed by atoms with van der Waals surface area (Å²) in [7, 11) is -3.81. The summed E-state index contributed by atoms with van der Waals surface area (Å²) in [6.07, 6.45) is -4.54. The molecule has 2 heterocycles. The number of nitrogens with one attached hydrogen (secondary N) is 4. The van der Waals surface area contributed by atoms with Crippen molar-refractivity contribution in [2.75, 3.05) is 29.6 Å². The molecule has 23 heteroatoms. The van der Waals surface area contributed by atoms with E-state index in [-0.39, 0.29) is 54.8 Å². The van der Waals surface area contributed by atoms with Crippen LogP contribution in [0.2, 0.25) is 0 Å². The third kappa shape index (κ3) is 12.6. The largest absolute Gasteiger partial charge is 0.480 e. The van der Waals surface area contributed by atoms with Crippen LogP contribution >= 0.6 is 7.82 Å². The molecule has 0 fully saturated rings. The summed E-state index contributed by atoms with van der Waals surface area (Å²) in [5.41, 5.74) is 4.29. The molecule has 2 amide bonds. The zero-order valence-corrected chi connectivity index (χ0v) is 33.2. The highest BCUT2D eigenvalue weighted by Gasteiger charge is 2.32. The van der Waals surface area contributed by atoms with Crippen molar-refractivity contribution in [3.8, 4) is 5.75 Å². The molecule has 0 aliphatic rings. The monoisotopic (exact) mass is 870 g/mol. The van der Waals surface area contributed by atoms with Gasteiger partial charge in [0.2, 0.25) is 11.9 Å². The number of halogens is 3. The van der Waals surface area contributed by atoms with Crippen molar-refractivity contribution in [1.82, 2.24) is 25.3 Å². The van der Waals surface area contributed by atoms with Crippen LogP contribution in [0.3, 0.4) is 0 Å². The highest BCUT2D eigenvalue weighted by Crippen LogP contribution is 2.50. The molecule has 0 radical (unpaired) electrons. The molecule has 1 atom stereocenters. The van der Waals surface area contributed by atoms with Crippen molar-refractivity contribution in [3.05, 3.63) is 111 Å². The average Bonchev–Trinajstić information content (AvgIpc) is 3.21. The van der Waals surface area contributed by atoms with Gasteiger partial charge in [-0.15, -0.1) is 0 Å². The lowest BCUT2D eigenvalue weighted by Crippen LogP contribution is -2.41. The molecule has 7 N–H and O–H groups in total. The first-order chi connectivity index (χ1) is 29.0. The number of alkyl halides is 3. The Bertz CT molecular complexity index is 2500. The third-order valence-corrected chi connectivity index (χ3v) is 9.90. The number of H-pyrrole nitrogens is 1. The fourth-order valence-corrected chi connectivity index (χ4v) is 6.54. The number of amides is 2. The predicted octanol–water partition coefficient (Wildman–Crippen LogP) is 5.45. The lowest BCUT2D eigenvalue weighted by Gasteiger charge is -2.17. The molecule has 5 rings (SSSR count). The van der Waals surface area contributed by atoms with Gasteiger partial charge in [0.15, 0.2) is 11.2 Å². The van der Waals surface area contributed by atoms with Crippen molar-refractivity contribution in [1.29, 1.82) is 0 Å². The molecule has 0 spiro atoms. The van der Waals surface area contributed by atoms with Gasteiger partial charge in [-0.3, -0.25) is 32.9 Å². The van der Waals surface area contributed by atoms with Crippen LogP contribution in [-0.2, 0) is 47.1 Å². The zero-order chi connectivity index (χ0) is 44.3. The van der Waals surface area contributed by atoms with Gasteiger partial charge in [0.25, 0.3) is 11.5 Å². The molecule has 3 aromatic carbocycles. The van der Waals surface area contributed by atoms with Crippen LogP contribution < -0.4 is 32.0 Å². The minimum Gasteiger partial charge on any atom is -0.480 e. The van der Waals surface area contributed by atoms with Gasteiger partial charge in [0, 0.05) is 17.7 Å². The number of aromatic amines is 1. The number of phosphoric ester groups is 1. The number of carboxylic acid groups (broad SMARTS) is 1. The van der Waals surface area contributed by atoms with Crippen LogP contribution in [0.25, 0.3) is 11.2 Å². The Morgan fingerprint density at radius 2 is 1.64 bits per heavy atom. The van der Waals surface area contributed by atoms with E-state index in [1.54, 1.807) is 13.8 Å². The zero-order valence-electron chi connectivity index (χ0n) is 32.3. The van der Waals surface area contributed by atoms with Crippen LogP contribution in [0.5, 0.6) is 5.75 Å². The van der Waals surface area contributed by atoms with Crippen molar-refractivity contribution in [2.24, 2.45) is 0 Å². The number of benzene rings is 3. The first-order valence-electron chi connectivity index (χ1n) is 18.2. The quantitative estimate of drug-likeness (QED) is 0.0342.